The molecule has 3 aromatic carbocycles. The highest BCUT2D eigenvalue weighted by molar-refractivity contribution is 5.95. The van der Waals surface area contributed by atoms with Crippen LogP contribution in [-0.2, 0) is 0 Å². The summed E-state index contributed by atoms with van der Waals surface area (Å²) < 4.78 is 2.29. The normalized spacial score (nSPS) is 19.1. The van der Waals surface area contributed by atoms with E-state index in [2.05, 4.69) is 103 Å². The summed E-state index contributed by atoms with van der Waals surface area (Å²) in [6.07, 6.45) is 12.8. The molecule has 1 aliphatic heterocycles. The lowest BCUT2D eigenvalue weighted by Crippen LogP contribution is -2.44. The molecule has 2 aliphatic rings. The van der Waals surface area contributed by atoms with E-state index in [1.807, 2.05) is 42.5 Å². The van der Waals surface area contributed by atoms with E-state index in [0.717, 1.165) is 82.9 Å². The first-order valence-corrected chi connectivity index (χ1v) is 19.2. The fourth-order valence-corrected chi connectivity index (χ4v) is 8.57. The molecule has 1 atom stereocenters. The van der Waals surface area contributed by atoms with Crippen molar-refractivity contribution in [2.45, 2.75) is 75.4 Å². The second kappa shape index (κ2) is 16.7. The molecule has 2 heterocycles. The number of benzene rings is 3. The molecule has 53 heavy (non-hydrogen) atoms. The number of nitrogens with zero attached hydrogens (tertiary/aromatic N) is 3. The van der Waals surface area contributed by atoms with Crippen LogP contribution in [0.1, 0.15) is 80.0 Å². The molecule has 4 aromatic rings. The first-order valence-electron chi connectivity index (χ1n) is 19.2. The average molecular weight is 710 g/mol. The predicted molar refractivity (Wildman–Crippen MR) is 227 cm³/mol. The highest BCUT2D eigenvalue weighted by Gasteiger charge is 2.30. The minimum Gasteiger partial charge on any atom is -0.398 e. The summed E-state index contributed by atoms with van der Waals surface area (Å²) in [5.41, 5.74) is 25.5. The molecule has 2 fully saturated rings. The molecule has 0 spiro atoms. The number of likely N-dealkylation sites (N-methyl/N-ethyl adjacent to an activating group) is 1. The Morgan fingerprint density at radius 3 is 2.15 bits per heavy atom. The maximum atomic E-state index is 6.40. The summed E-state index contributed by atoms with van der Waals surface area (Å²) in [7, 11) is 4.11. The topological polar surface area (TPSA) is 101 Å². The van der Waals surface area contributed by atoms with Crippen LogP contribution in [0.4, 0.5) is 5.69 Å². The molecule has 0 bridgehead atoms. The third-order valence-electron chi connectivity index (χ3n) is 11.7. The molecule has 1 aromatic heterocycles. The Morgan fingerprint density at radius 2 is 1.53 bits per heavy atom. The third kappa shape index (κ3) is 8.26. The lowest BCUT2D eigenvalue weighted by Gasteiger charge is -2.41. The van der Waals surface area contributed by atoms with Gasteiger partial charge in [0.05, 0.1) is 6.04 Å². The van der Waals surface area contributed by atoms with Crippen molar-refractivity contribution in [3.63, 3.8) is 0 Å². The summed E-state index contributed by atoms with van der Waals surface area (Å²) in [4.78, 5) is 4.85. The zero-order valence-electron chi connectivity index (χ0n) is 31.9. The van der Waals surface area contributed by atoms with E-state index in [1.54, 1.807) is 0 Å². The van der Waals surface area contributed by atoms with Crippen LogP contribution < -0.4 is 33.2 Å². The van der Waals surface area contributed by atoms with Gasteiger partial charge in [0, 0.05) is 70.3 Å². The van der Waals surface area contributed by atoms with Crippen LogP contribution in [0.25, 0.3) is 35.2 Å². The molecular formula is C46H59N7. The first-order chi connectivity index (χ1) is 25.6. The monoisotopic (exact) mass is 709 g/mol. The zero-order chi connectivity index (χ0) is 37.6. The van der Waals surface area contributed by atoms with Crippen LogP contribution >= 0.6 is 0 Å². The van der Waals surface area contributed by atoms with Crippen molar-refractivity contribution in [1.29, 1.82) is 0 Å². The minimum atomic E-state index is 0.0789. The van der Waals surface area contributed by atoms with Crippen molar-refractivity contribution in [2.24, 2.45) is 17.2 Å². The second-order valence-electron chi connectivity index (χ2n) is 15.2. The molecule has 1 aliphatic carbocycles. The zero-order valence-corrected chi connectivity index (χ0v) is 31.9. The van der Waals surface area contributed by atoms with Crippen molar-refractivity contribution in [3.8, 4) is 0 Å². The van der Waals surface area contributed by atoms with Gasteiger partial charge in [-0.2, -0.15) is 0 Å². The summed E-state index contributed by atoms with van der Waals surface area (Å²) >= 11 is 0. The van der Waals surface area contributed by atoms with Gasteiger partial charge in [-0.3, -0.25) is 0 Å². The Bertz CT molecular complexity index is 2050. The van der Waals surface area contributed by atoms with Gasteiger partial charge in [0.2, 0.25) is 0 Å². The Morgan fingerprint density at radius 1 is 0.849 bits per heavy atom. The summed E-state index contributed by atoms with van der Waals surface area (Å²) in [5, 5.41) is 8.29. The van der Waals surface area contributed by atoms with Gasteiger partial charge in [0.15, 0.2) is 0 Å². The number of hydrogen-bond donors (Lipinski definition) is 4. The molecule has 1 unspecified atom stereocenters. The first kappa shape index (κ1) is 37.6. The van der Waals surface area contributed by atoms with E-state index in [1.165, 1.54) is 36.6 Å². The van der Waals surface area contributed by atoms with Gasteiger partial charge in [-0.1, -0.05) is 92.5 Å². The summed E-state index contributed by atoms with van der Waals surface area (Å²) in [5.74, 6) is 0.820. The number of nitrogens with one attached hydrogen (secondary N) is 1. The number of hydrogen-bond acceptors (Lipinski definition) is 6. The van der Waals surface area contributed by atoms with Crippen molar-refractivity contribution < 1.29 is 0 Å². The number of rotatable bonds is 13. The average Bonchev–Trinajstić information content (AvgIpc) is 3.43. The third-order valence-corrected chi connectivity index (χ3v) is 11.7. The molecule has 6 rings (SSSR count). The number of likely N-dealkylation sites (tertiary alicyclic amines) is 1. The Labute approximate surface area is 316 Å². The smallest absolute Gasteiger partial charge is 0.101 e. The van der Waals surface area contributed by atoms with Gasteiger partial charge < -0.3 is 36.9 Å². The van der Waals surface area contributed by atoms with Crippen molar-refractivity contribution in [3.05, 3.63) is 137 Å². The lowest BCUT2D eigenvalue weighted by atomic mass is 9.85. The van der Waals surface area contributed by atoms with Crippen LogP contribution in [0.3, 0.4) is 0 Å². The minimum absolute atomic E-state index is 0.0789. The Kier molecular flexibility index (Phi) is 11.8. The molecule has 7 heteroatoms. The molecule has 0 amide bonds. The second-order valence-corrected chi connectivity index (χ2v) is 15.2. The maximum absolute atomic E-state index is 6.40. The molecule has 1 saturated heterocycles. The number of piperidine rings is 1. The predicted octanol–water partition coefficient (Wildman–Crippen LogP) is 7.23. The van der Waals surface area contributed by atoms with E-state index in [4.69, 9.17) is 17.2 Å². The van der Waals surface area contributed by atoms with E-state index in [0.29, 0.717) is 23.7 Å². The number of aromatic nitrogens is 1. The van der Waals surface area contributed by atoms with Gasteiger partial charge in [-0.05, 0) is 99.2 Å². The highest BCUT2D eigenvalue weighted by atomic mass is 15.2. The summed E-state index contributed by atoms with van der Waals surface area (Å²) in [6, 6.07) is 26.3. The highest BCUT2D eigenvalue weighted by Crippen LogP contribution is 2.34. The van der Waals surface area contributed by atoms with Crippen molar-refractivity contribution in [2.75, 3.05) is 32.5 Å². The fraction of sp³-hybridized carbons (Fsp3) is 0.348. The molecule has 7 N–H and O–H groups in total. The van der Waals surface area contributed by atoms with Gasteiger partial charge in [-0.25, -0.2) is 0 Å². The van der Waals surface area contributed by atoms with E-state index >= 15 is 0 Å². The van der Waals surface area contributed by atoms with Crippen molar-refractivity contribution >= 4 is 40.9 Å². The maximum Gasteiger partial charge on any atom is 0.101 e. The molecular weight excluding hydrogens is 651 g/mol. The van der Waals surface area contributed by atoms with Gasteiger partial charge >= 0.3 is 0 Å². The lowest BCUT2D eigenvalue weighted by molar-refractivity contribution is 0.119. The largest absolute Gasteiger partial charge is 0.398 e. The van der Waals surface area contributed by atoms with Crippen LogP contribution in [0.2, 0.25) is 0 Å². The van der Waals surface area contributed by atoms with Gasteiger partial charge in [-0.15, -0.1) is 6.58 Å². The fourth-order valence-electron chi connectivity index (χ4n) is 8.57. The Hall–Kier alpha value is -5.14. The van der Waals surface area contributed by atoms with Crippen LogP contribution in [0.5, 0.6) is 0 Å². The van der Waals surface area contributed by atoms with E-state index < -0.39 is 0 Å². The molecule has 1 saturated carbocycles. The molecule has 278 valence electrons. The van der Waals surface area contributed by atoms with Gasteiger partial charge in [0.1, 0.15) is 5.82 Å². The number of nitrogens with two attached hydrogens (primary N) is 3. The Balaban J connectivity index is 1.05. The van der Waals surface area contributed by atoms with Crippen LogP contribution in [-0.4, -0.2) is 53.6 Å². The summed E-state index contributed by atoms with van der Waals surface area (Å²) in [6.45, 7) is 19.8. The molecule has 0 radical (unpaired) electrons. The quantitative estimate of drug-likeness (QED) is 0.0864. The number of allylic oxidation sites excluding steroid dienone is 4. The van der Waals surface area contributed by atoms with Gasteiger partial charge in [0.25, 0.3) is 0 Å². The number of anilines is 1. The van der Waals surface area contributed by atoms with Crippen LogP contribution in [0.15, 0.2) is 110 Å². The SMILES string of the molecule is C=CCCC(C(=C)N(C)C)n1c(=C)c2cccc(NC3CCC(N4CCC(c5ccc(C(/C=C(\N)c6ccccc6)=C(N)N)cc5)CC4)CC3)c2c1=C. The van der Waals surface area contributed by atoms with E-state index in [9.17, 15) is 0 Å². The van der Waals surface area contributed by atoms with Crippen molar-refractivity contribution in [1.82, 2.24) is 14.4 Å². The van der Waals surface area contributed by atoms with E-state index in [-0.39, 0.29) is 11.9 Å². The number of fused-ring (bicyclic) bond motifs is 1. The molecule has 7 nitrogen and oxygen atoms in total. The van der Waals surface area contributed by atoms with Crippen LogP contribution in [0, 0.1) is 0 Å². The standard InChI is InChI=1S/C46H59N7/c1-7-8-17-44(32(3)51(5)6)53-31(2)40-15-12-16-43(45(40)33(53)4)50-38-22-24-39(25-23-38)52-28-26-35(27-29-52)34-18-20-36(21-19-34)41(46(48)49)30-42(47)37-13-10-9-11-14-37/h7,9-16,18-21,30,35,38-39,44,50H,1-4,8,17,22-29,47-49H2,5-6H3/b42-30-.